The Morgan fingerprint density at radius 2 is 1.96 bits per heavy atom. The van der Waals surface area contributed by atoms with Gasteiger partial charge >= 0.3 is 5.97 Å². The second-order valence-electron chi connectivity index (χ2n) is 6.24. The highest BCUT2D eigenvalue weighted by Crippen LogP contribution is 2.31. The van der Waals surface area contributed by atoms with Gasteiger partial charge in [-0.25, -0.2) is 4.79 Å². The lowest BCUT2D eigenvalue weighted by Gasteiger charge is -2.13. The van der Waals surface area contributed by atoms with Gasteiger partial charge in [-0.2, -0.15) is 0 Å². The summed E-state index contributed by atoms with van der Waals surface area (Å²) in [5.41, 5.74) is 3.70. The minimum absolute atomic E-state index is 0.0912. The molecule has 136 valence electrons. The van der Waals surface area contributed by atoms with Gasteiger partial charge in [0, 0.05) is 28.1 Å². The summed E-state index contributed by atoms with van der Waals surface area (Å²) in [4.78, 5) is 30.7. The van der Waals surface area contributed by atoms with Gasteiger partial charge < -0.3 is 9.82 Å². The number of aromatic amines is 1. The molecule has 0 fully saturated rings. The molecule has 0 radical (unpaired) electrons. The molecule has 0 spiro atoms. The number of aromatic nitrogens is 1. The number of carbonyl (C=O) groups is 1. The van der Waals surface area contributed by atoms with Gasteiger partial charge in [-0.3, -0.25) is 10.1 Å². The number of hydrogen-bond acceptors (Lipinski definition) is 5. The molecule has 0 saturated carbocycles. The minimum Gasteiger partial charge on any atom is -0.353 e. The Labute approximate surface area is 158 Å². The summed E-state index contributed by atoms with van der Waals surface area (Å²) in [6, 6.07) is 10.8. The maximum absolute atomic E-state index is 12.2. The van der Waals surface area contributed by atoms with Crippen molar-refractivity contribution in [1.82, 2.24) is 4.98 Å². The average molecular weight is 384 g/mol. The Balaban J connectivity index is 1.59. The molecule has 0 unspecified atom stereocenters. The van der Waals surface area contributed by atoms with Gasteiger partial charge in [0.25, 0.3) is 5.69 Å². The first-order valence-electron chi connectivity index (χ1n) is 8.36. The standard InChI is InChI=1S/C19H14ClN3O4/c20-12-6-9-16-15(10-12)14-2-1-3-17(18(14)21-16)22-27-19(24)11-4-7-13(8-5-11)23(25)26/h4-10,21H,1-3H2/b22-17+. The third kappa shape index (κ3) is 3.29. The van der Waals surface area contributed by atoms with Crippen molar-refractivity contribution in [1.29, 1.82) is 0 Å². The highest BCUT2D eigenvalue weighted by molar-refractivity contribution is 6.31. The van der Waals surface area contributed by atoms with Crippen LogP contribution in [0, 0.1) is 10.1 Å². The number of hydrogen-bond donors (Lipinski definition) is 1. The molecule has 0 atom stereocenters. The van der Waals surface area contributed by atoms with Crippen LogP contribution in [0.25, 0.3) is 10.9 Å². The van der Waals surface area contributed by atoms with E-state index < -0.39 is 10.9 Å². The van der Waals surface area contributed by atoms with E-state index in [0.29, 0.717) is 17.2 Å². The predicted octanol–water partition coefficient (Wildman–Crippen LogP) is 4.63. The molecule has 1 heterocycles. The molecule has 4 rings (SSSR count). The fraction of sp³-hybridized carbons (Fsp3) is 0.158. The lowest BCUT2D eigenvalue weighted by atomic mass is 9.94. The molecule has 1 N–H and O–H groups in total. The summed E-state index contributed by atoms with van der Waals surface area (Å²) < 4.78 is 0. The molecule has 27 heavy (non-hydrogen) atoms. The van der Waals surface area contributed by atoms with E-state index in [9.17, 15) is 14.9 Å². The Kier molecular flexibility index (Phi) is 4.37. The lowest BCUT2D eigenvalue weighted by molar-refractivity contribution is -0.384. The number of benzene rings is 2. The fourth-order valence-corrected chi connectivity index (χ4v) is 3.42. The zero-order valence-corrected chi connectivity index (χ0v) is 14.8. The van der Waals surface area contributed by atoms with E-state index in [2.05, 4.69) is 10.1 Å². The number of nitro groups is 1. The van der Waals surface area contributed by atoms with E-state index in [1.54, 1.807) is 0 Å². The first kappa shape index (κ1) is 17.2. The van der Waals surface area contributed by atoms with Crippen LogP contribution in [0.4, 0.5) is 5.69 Å². The van der Waals surface area contributed by atoms with E-state index in [4.69, 9.17) is 16.4 Å². The summed E-state index contributed by atoms with van der Waals surface area (Å²) in [5, 5.41) is 16.4. The third-order valence-electron chi connectivity index (χ3n) is 4.55. The van der Waals surface area contributed by atoms with Crippen molar-refractivity contribution in [2.75, 3.05) is 0 Å². The van der Waals surface area contributed by atoms with Crippen LogP contribution >= 0.6 is 11.6 Å². The summed E-state index contributed by atoms with van der Waals surface area (Å²) in [6.07, 6.45) is 2.46. The van der Waals surface area contributed by atoms with Gasteiger partial charge in [0.05, 0.1) is 16.2 Å². The maximum Gasteiger partial charge on any atom is 0.365 e. The van der Waals surface area contributed by atoms with Gasteiger partial charge in [0.15, 0.2) is 0 Å². The number of non-ortho nitro benzene ring substituents is 1. The van der Waals surface area contributed by atoms with Gasteiger partial charge in [0.1, 0.15) is 5.71 Å². The average Bonchev–Trinajstić information content (AvgIpc) is 3.04. The van der Waals surface area contributed by atoms with Crippen LogP contribution in [0.2, 0.25) is 5.02 Å². The van der Waals surface area contributed by atoms with Crippen LogP contribution in [0.1, 0.15) is 34.5 Å². The van der Waals surface area contributed by atoms with Crippen LogP contribution in [0.15, 0.2) is 47.6 Å². The Bertz CT molecular complexity index is 1090. The normalized spacial score (nSPS) is 14.9. The number of nitrogens with one attached hydrogen (secondary N) is 1. The van der Waals surface area contributed by atoms with E-state index >= 15 is 0 Å². The molecule has 1 aliphatic carbocycles. The molecule has 0 bridgehead atoms. The monoisotopic (exact) mass is 383 g/mol. The molecule has 1 aliphatic rings. The summed E-state index contributed by atoms with van der Waals surface area (Å²) in [6.45, 7) is 0. The summed E-state index contributed by atoms with van der Waals surface area (Å²) in [7, 11) is 0. The second kappa shape index (κ2) is 6.85. The van der Waals surface area contributed by atoms with Crippen LogP contribution in [0.5, 0.6) is 0 Å². The quantitative estimate of drug-likeness (QED) is 0.405. The highest BCUT2D eigenvalue weighted by Gasteiger charge is 2.22. The van der Waals surface area contributed by atoms with Crippen molar-refractivity contribution in [2.45, 2.75) is 19.3 Å². The molecule has 7 nitrogen and oxygen atoms in total. The lowest BCUT2D eigenvalue weighted by Crippen LogP contribution is -2.13. The highest BCUT2D eigenvalue weighted by atomic mass is 35.5. The number of halogens is 1. The fourth-order valence-electron chi connectivity index (χ4n) is 3.24. The largest absolute Gasteiger partial charge is 0.365 e. The molecule has 0 aliphatic heterocycles. The number of rotatable bonds is 3. The van der Waals surface area contributed by atoms with Gasteiger partial charge in [-0.05, 0) is 55.2 Å². The SMILES string of the molecule is O=C(O/N=C1\CCCc2c1[nH]c1ccc(Cl)cc21)c1ccc([N+](=O)[O-])cc1. The van der Waals surface area contributed by atoms with Crippen molar-refractivity contribution >= 4 is 39.9 Å². The van der Waals surface area contributed by atoms with Crippen LogP contribution in [-0.4, -0.2) is 21.6 Å². The van der Waals surface area contributed by atoms with Gasteiger partial charge in [-0.15, -0.1) is 0 Å². The van der Waals surface area contributed by atoms with Crippen molar-refractivity contribution in [2.24, 2.45) is 5.16 Å². The molecular formula is C19H14ClN3O4. The molecule has 0 saturated heterocycles. The number of nitrogens with zero attached hydrogens (tertiary/aromatic N) is 2. The van der Waals surface area contributed by atoms with Crippen molar-refractivity contribution in [3.05, 3.63) is 74.4 Å². The second-order valence-corrected chi connectivity index (χ2v) is 6.68. The van der Waals surface area contributed by atoms with E-state index in [1.165, 1.54) is 24.3 Å². The first-order chi connectivity index (χ1) is 13.0. The molecule has 2 aromatic carbocycles. The predicted molar refractivity (Wildman–Crippen MR) is 101 cm³/mol. The molecular weight excluding hydrogens is 370 g/mol. The van der Waals surface area contributed by atoms with E-state index in [-0.39, 0.29) is 11.3 Å². The maximum atomic E-state index is 12.2. The number of aryl methyl sites for hydroxylation is 1. The third-order valence-corrected chi connectivity index (χ3v) is 4.78. The number of oxime groups is 1. The zero-order valence-electron chi connectivity index (χ0n) is 14.1. The Morgan fingerprint density at radius 1 is 1.19 bits per heavy atom. The van der Waals surface area contributed by atoms with Crippen molar-refractivity contribution in [3.63, 3.8) is 0 Å². The first-order valence-corrected chi connectivity index (χ1v) is 8.74. The molecule has 8 heteroatoms. The minimum atomic E-state index is -0.663. The number of carbonyl (C=O) groups excluding carboxylic acids is 1. The summed E-state index contributed by atoms with van der Waals surface area (Å²) in [5.74, 6) is -0.663. The van der Waals surface area contributed by atoms with Crippen LogP contribution in [0.3, 0.4) is 0 Å². The number of fused-ring (bicyclic) bond motifs is 3. The topological polar surface area (TPSA) is 97.6 Å². The van der Waals surface area contributed by atoms with E-state index in [1.807, 2.05) is 18.2 Å². The summed E-state index contributed by atoms with van der Waals surface area (Å²) >= 11 is 6.10. The smallest absolute Gasteiger partial charge is 0.353 e. The van der Waals surface area contributed by atoms with Gasteiger partial charge in [-0.1, -0.05) is 16.8 Å². The van der Waals surface area contributed by atoms with Crippen molar-refractivity contribution < 1.29 is 14.6 Å². The Morgan fingerprint density at radius 3 is 2.70 bits per heavy atom. The number of H-pyrrole nitrogens is 1. The molecule has 0 amide bonds. The van der Waals surface area contributed by atoms with Crippen molar-refractivity contribution in [3.8, 4) is 0 Å². The molecule has 1 aromatic heterocycles. The van der Waals surface area contributed by atoms with Crippen LogP contribution in [-0.2, 0) is 11.3 Å². The Hall–Kier alpha value is -3.19. The molecule has 3 aromatic rings. The van der Waals surface area contributed by atoms with Gasteiger partial charge in [0.2, 0.25) is 0 Å². The van der Waals surface area contributed by atoms with E-state index in [0.717, 1.165) is 35.0 Å². The number of nitro benzene ring substituents is 1. The zero-order chi connectivity index (χ0) is 19.0. The van der Waals surface area contributed by atoms with Crippen LogP contribution < -0.4 is 0 Å².